The van der Waals surface area contributed by atoms with Crippen LogP contribution in [0.3, 0.4) is 0 Å². The third-order valence-corrected chi connectivity index (χ3v) is 2.39. The molecule has 2 aromatic rings. The van der Waals surface area contributed by atoms with Gasteiger partial charge in [-0.3, -0.25) is 9.89 Å². The zero-order valence-electron chi connectivity index (χ0n) is 9.53. The monoisotopic (exact) mass is 230 g/mol. The highest BCUT2D eigenvalue weighted by Crippen LogP contribution is 2.10. The van der Waals surface area contributed by atoms with Gasteiger partial charge in [0.05, 0.1) is 0 Å². The van der Waals surface area contributed by atoms with Crippen LogP contribution in [0.2, 0.25) is 0 Å². The van der Waals surface area contributed by atoms with Crippen LogP contribution in [0.5, 0.6) is 0 Å². The quantitative estimate of drug-likeness (QED) is 0.745. The van der Waals surface area contributed by atoms with Crippen molar-refractivity contribution in [2.75, 3.05) is 5.32 Å². The first-order valence-corrected chi connectivity index (χ1v) is 5.31. The summed E-state index contributed by atoms with van der Waals surface area (Å²) in [7, 11) is 0. The van der Waals surface area contributed by atoms with Crippen molar-refractivity contribution in [3.63, 3.8) is 0 Å². The molecule has 17 heavy (non-hydrogen) atoms. The predicted molar refractivity (Wildman–Crippen MR) is 65.6 cm³/mol. The van der Waals surface area contributed by atoms with Crippen LogP contribution < -0.4 is 11.1 Å². The number of rotatable bonds is 3. The topological polar surface area (TPSA) is 83.8 Å². The summed E-state index contributed by atoms with van der Waals surface area (Å²) in [5, 5.41) is 9.38. The minimum Gasteiger partial charge on any atom is -0.326 e. The number of aryl methyl sites for hydroxylation is 1. The Bertz CT molecular complexity index is 516. The summed E-state index contributed by atoms with van der Waals surface area (Å²) in [5.41, 5.74) is 8.48. The number of aromatic amines is 1. The van der Waals surface area contributed by atoms with Crippen molar-refractivity contribution in [2.24, 2.45) is 5.73 Å². The molecule has 0 saturated carbocycles. The molecule has 88 valence electrons. The zero-order valence-corrected chi connectivity index (χ0v) is 9.53. The van der Waals surface area contributed by atoms with Crippen molar-refractivity contribution in [1.82, 2.24) is 10.2 Å². The minimum absolute atomic E-state index is 0.227. The largest absolute Gasteiger partial charge is 0.326 e. The summed E-state index contributed by atoms with van der Waals surface area (Å²) in [4.78, 5) is 11.8. The Morgan fingerprint density at radius 3 is 2.65 bits per heavy atom. The van der Waals surface area contributed by atoms with Crippen LogP contribution in [-0.4, -0.2) is 16.1 Å². The number of aromatic nitrogens is 2. The van der Waals surface area contributed by atoms with E-state index in [1.807, 2.05) is 31.2 Å². The summed E-state index contributed by atoms with van der Waals surface area (Å²) in [5.74, 6) is -0.227. The van der Waals surface area contributed by atoms with Gasteiger partial charge < -0.3 is 11.1 Å². The number of H-pyrrole nitrogens is 1. The molecule has 0 saturated heterocycles. The Morgan fingerprint density at radius 1 is 1.41 bits per heavy atom. The lowest BCUT2D eigenvalue weighted by Gasteiger charge is -2.03. The van der Waals surface area contributed by atoms with Gasteiger partial charge in [0.1, 0.15) is 0 Å². The predicted octanol–water partition coefficient (Wildman–Crippen LogP) is 1.43. The van der Waals surface area contributed by atoms with E-state index < -0.39 is 0 Å². The highest BCUT2D eigenvalue weighted by atomic mass is 16.1. The van der Waals surface area contributed by atoms with E-state index in [1.165, 1.54) is 0 Å². The van der Waals surface area contributed by atoms with Gasteiger partial charge in [0, 0.05) is 17.9 Å². The lowest BCUT2D eigenvalue weighted by atomic mass is 10.2. The number of hydrogen-bond acceptors (Lipinski definition) is 3. The summed E-state index contributed by atoms with van der Waals surface area (Å²) < 4.78 is 0. The van der Waals surface area contributed by atoms with Crippen LogP contribution in [0.25, 0.3) is 0 Å². The van der Waals surface area contributed by atoms with Gasteiger partial charge in [-0.15, -0.1) is 0 Å². The van der Waals surface area contributed by atoms with Crippen LogP contribution in [0, 0.1) is 6.92 Å². The molecule has 1 amide bonds. The van der Waals surface area contributed by atoms with E-state index in [0.717, 1.165) is 16.9 Å². The number of anilines is 1. The molecule has 5 nitrogen and oxygen atoms in total. The Hall–Kier alpha value is -2.14. The summed E-state index contributed by atoms with van der Waals surface area (Å²) in [6.07, 6.45) is 0. The Morgan fingerprint density at radius 2 is 2.12 bits per heavy atom. The average Bonchev–Trinajstić information content (AvgIpc) is 2.77. The van der Waals surface area contributed by atoms with Crippen molar-refractivity contribution in [1.29, 1.82) is 0 Å². The molecule has 1 heterocycles. The number of nitrogens with one attached hydrogen (secondary N) is 2. The fourth-order valence-corrected chi connectivity index (χ4v) is 1.45. The second-order valence-corrected chi connectivity index (χ2v) is 3.79. The lowest BCUT2D eigenvalue weighted by molar-refractivity contribution is 0.102. The van der Waals surface area contributed by atoms with E-state index in [2.05, 4.69) is 15.5 Å². The van der Waals surface area contributed by atoms with E-state index in [4.69, 9.17) is 5.73 Å². The van der Waals surface area contributed by atoms with Crippen LogP contribution >= 0.6 is 0 Å². The molecule has 1 aromatic carbocycles. The number of nitrogens with two attached hydrogens (primary N) is 1. The second kappa shape index (κ2) is 4.80. The molecule has 1 aromatic heterocycles. The van der Waals surface area contributed by atoms with E-state index in [0.29, 0.717) is 12.2 Å². The Labute approximate surface area is 99.0 Å². The molecular formula is C12H14N4O. The van der Waals surface area contributed by atoms with Crippen molar-refractivity contribution >= 4 is 11.6 Å². The second-order valence-electron chi connectivity index (χ2n) is 3.79. The van der Waals surface area contributed by atoms with E-state index >= 15 is 0 Å². The molecule has 0 atom stereocenters. The van der Waals surface area contributed by atoms with Gasteiger partial charge in [0.25, 0.3) is 5.91 Å². The Balaban J connectivity index is 2.07. The van der Waals surface area contributed by atoms with Crippen molar-refractivity contribution in [3.8, 4) is 0 Å². The van der Waals surface area contributed by atoms with Gasteiger partial charge in [-0.1, -0.05) is 12.1 Å². The number of hydrogen-bond donors (Lipinski definition) is 3. The first-order valence-electron chi connectivity index (χ1n) is 5.31. The molecule has 0 spiro atoms. The van der Waals surface area contributed by atoms with Gasteiger partial charge in [0.2, 0.25) is 0 Å². The summed E-state index contributed by atoms with van der Waals surface area (Å²) in [6.45, 7) is 2.34. The number of benzene rings is 1. The molecule has 0 radical (unpaired) electrons. The minimum atomic E-state index is -0.227. The first-order chi connectivity index (χ1) is 8.19. The maximum atomic E-state index is 11.8. The third kappa shape index (κ3) is 2.70. The van der Waals surface area contributed by atoms with Gasteiger partial charge in [-0.05, 0) is 30.7 Å². The SMILES string of the molecule is Cc1cc(C(=O)Nc2ccc(CN)cc2)n[nH]1. The molecule has 0 fully saturated rings. The van der Waals surface area contributed by atoms with E-state index in [-0.39, 0.29) is 5.91 Å². The van der Waals surface area contributed by atoms with Crippen molar-refractivity contribution in [3.05, 3.63) is 47.3 Å². The molecule has 0 unspecified atom stereocenters. The van der Waals surface area contributed by atoms with Crippen molar-refractivity contribution in [2.45, 2.75) is 13.5 Å². The van der Waals surface area contributed by atoms with Crippen LogP contribution in [0.4, 0.5) is 5.69 Å². The molecule has 0 aliphatic carbocycles. The molecule has 0 bridgehead atoms. The average molecular weight is 230 g/mol. The maximum Gasteiger partial charge on any atom is 0.276 e. The van der Waals surface area contributed by atoms with Gasteiger partial charge in [-0.2, -0.15) is 5.10 Å². The standard InChI is InChI=1S/C12H14N4O/c1-8-6-11(16-15-8)12(17)14-10-4-2-9(7-13)3-5-10/h2-6H,7,13H2,1H3,(H,14,17)(H,15,16). The Kier molecular flexibility index (Phi) is 3.20. The van der Waals surface area contributed by atoms with Gasteiger partial charge in [0.15, 0.2) is 5.69 Å². The summed E-state index contributed by atoms with van der Waals surface area (Å²) in [6, 6.07) is 9.10. The van der Waals surface area contributed by atoms with E-state index in [9.17, 15) is 4.79 Å². The third-order valence-electron chi connectivity index (χ3n) is 2.39. The fourth-order valence-electron chi connectivity index (χ4n) is 1.45. The maximum absolute atomic E-state index is 11.8. The molecule has 0 aliphatic heterocycles. The first kappa shape index (κ1) is 11.3. The molecule has 0 aliphatic rings. The number of nitrogens with zero attached hydrogens (tertiary/aromatic N) is 1. The normalized spacial score (nSPS) is 10.2. The highest BCUT2D eigenvalue weighted by molar-refractivity contribution is 6.02. The van der Waals surface area contributed by atoms with Crippen LogP contribution in [-0.2, 0) is 6.54 Å². The molecule has 5 heteroatoms. The molecular weight excluding hydrogens is 216 g/mol. The van der Waals surface area contributed by atoms with Gasteiger partial charge in [-0.25, -0.2) is 0 Å². The molecule has 2 rings (SSSR count). The zero-order chi connectivity index (χ0) is 12.3. The molecule has 4 N–H and O–H groups in total. The fraction of sp³-hybridized carbons (Fsp3) is 0.167. The van der Waals surface area contributed by atoms with Crippen LogP contribution in [0.15, 0.2) is 30.3 Å². The summed E-state index contributed by atoms with van der Waals surface area (Å²) >= 11 is 0. The smallest absolute Gasteiger partial charge is 0.276 e. The van der Waals surface area contributed by atoms with Gasteiger partial charge >= 0.3 is 0 Å². The van der Waals surface area contributed by atoms with Crippen LogP contribution in [0.1, 0.15) is 21.7 Å². The number of amides is 1. The lowest BCUT2D eigenvalue weighted by Crippen LogP contribution is -2.12. The van der Waals surface area contributed by atoms with E-state index in [1.54, 1.807) is 6.07 Å². The number of carbonyl (C=O) groups excluding carboxylic acids is 1. The highest BCUT2D eigenvalue weighted by Gasteiger charge is 2.08. The van der Waals surface area contributed by atoms with Crippen molar-refractivity contribution < 1.29 is 4.79 Å². The number of carbonyl (C=O) groups is 1.